The van der Waals surface area contributed by atoms with Gasteiger partial charge in [-0.25, -0.2) is 0 Å². The maximum Gasteiger partial charge on any atom is 0.0628 e. The first-order chi connectivity index (χ1) is 9.24. The van der Waals surface area contributed by atoms with Crippen molar-refractivity contribution in [2.45, 2.75) is 71.4 Å². The molecule has 1 fully saturated rings. The molecule has 1 aliphatic carbocycles. The van der Waals surface area contributed by atoms with Gasteiger partial charge in [-0.3, -0.25) is 4.68 Å². The normalized spacial score (nSPS) is 19.7. The van der Waals surface area contributed by atoms with Crippen LogP contribution < -0.4 is 5.32 Å². The number of hydrogen-bond acceptors (Lipinski definition) is 2. The molecule has 2 atom stereocenters. The first-order valence-corrected chi connectivity index (χ1v) is 8.02. The maximum absolute atomic E-state index is 4.81. The molecule has 3 nitrogen and oxygen atoms in total. The molecule has 0 amide bonds. The molecule has 0 spiro atoms. The van der Waals surface area contributed by atoms with Gasteiger partial charge in [0.2, 0.25) is 0 Å². The molecule has 19 heavy (non-hydrogen) atoms. The van der Waals surface area contributed by atoms with Crippen LogP contribution in [0.4, 0.5) is 0 Å². The molecule has 1 heterocycles. The van der Waals surface area contributed by atoms with Crippen LogP contribution in [-0.2, 0) is 6.42 Å². The summed E-state index contributed by atoms with van der Waals surface area (Å²) >= 11 is 0. The van der Waals surface area contributed by atoms with E-state index in [2.05, 4.69) is 43.0 Å². The molecule has 3 heteroatoms. The highest BCUT2D eigenvalue weighted by Crippen LogP contribution is 2.29. The summed E-state index contributed by atoms with van der Waals surface area (Å²) in [6, 6.07) is 3.46. The fourth-order valence-corrected chi connectivity index (χ4v) is 3.29. The summed E-state index contributed by atoms with van der Waals surface area (Å²) in [6.07, 6.45) is 9.87. The van der Waals surface area contributed by atoms with E-state index in [1.165, 1.54) is 37.8 Å². The molecule has 0 saturated heterocycles. The van der Waals surface area contributed by atoms with E-state index < -0.39 is 0 Å². The third-order valence-electron chi connectivity index (χ3n) is 4.59. The Kier molecular flexibility index (Phi) is 5.44. The molecule has 108 valence electrons. The minimum Gasteiger partial charge on any atom is -0.314 e. The molecule has 0 bridgehead atoms. The van der Waals surface area contributed by atoms with Crippen LogP contribution in [0.3, 0.4) is 0 Å². The van der Waals surface area contributed by atoms with Crippen LogP contribution in [0.25, 0.3) is 0 Å². The average molecular weight is 263 g/mol. The number of aromatic nitrogens is 2. The zero-order valence-electron chi connectivity index (χ0n) is 12.7. The lowest BCUT2D eigenvalue weighted by atomic mass is 9.93. The van der Waals surface area contributed by atoms with E-state index in [0.717, 1.165) is 13.0 Å². The van der Waals surface area contributed by atoms with Crippen molar-refractivity contribution < 1.29 is 0 Å². The second-order valence-corrected chi connectivity index (χ2v) is 5.94. The Morgan fingerprint density at radius 2 is 2.11 bits per heavy atom. The van der Waals surface area contributed by atoms with Crippen molar-refractivity contribution in [2.24, 2.45) is 5.92 Å². The largest absolute Gasteiger partial charge is 0.314 e. The van der Waals surface area contributed by atoms with Crippen LogP contribution in [0.15, 0.2) is 12.3 Å². The second kappa shape index (κ2) is 7.09. The summed E-state index contributed by atoms with van der Waals surface area (Å²) in [5.74, 6) is 0.687. The van der Waals surface area contributed by atoms with Gasteiger partial charge < -0.3 is 5.32 Å². The Bertz CT molecular complexity index is 366. The third-order valence-corrected chi connectivity index (χ3v) is 4.59. The van der Waals surface area contributed by atoms with Gasteiger partial charge in [0.25, 0.3) is 0 Å². The summed E-state index contributed by atoms with van der Waals surface area (Å²) < 4.78 is 2.22. The quantitative estimate of drug-likeness (QED) is 0.815. The SMILES string of the molecule is CCNC(C)C(CC)Cc1ccn(C2CCCC2)n1. The van der Waals surface area contributed by atoms with Crippen LogP contribution in [0.5, 0.6) is 0 Å². The lowest BCUT2D eigenvalue weighted by Crippen LogP contribution is -2.34. The summed E-state index contributed by atoms with van der Waals surface area (Å²) in [5, 5.41) is 8.36. The summed E-state index contributed by atoms with van der Waals surface area (Å²) in [6.45, 7) is 7.81. The first-order valence-electron chi connectivity index (χ1n) is 8.02. The molecule has 1 aromatic rings. The van der Waals surface area contributed by atoms with Crippen molar-refractivity contribution in [2.75, 3.05) is 6.54 Å². The van der Waals surface area contributed by atoms with Gasteiger partial charge in [-0.05, 0) is 44.7 Å². The molecule has 0 aromatic carbocycles. The molecule has 1 aliphatic rings. The maximum atomic E-state index is 4.81. The van der Waals surface area contributed by atoms with E-state index in [0.29, 0.717) is 18.0 Å². The van der Waals surface area contributed by atoms with Gasteiger partial charge in [0.05, 0.1) is 11.7 Å². The zero-order valence-corrected chi connectivity index (χ0v) is 12.7. The van der Waals surface area contributed by atoms with Gasteiger partial charge in [-0.1, -0.05) is 33.1 Å². The summed E-state index contributed by atoms with van der Waals surface area (Å²) in [5.41, 5.74) is 1.27. The van der Waals surface area contributed by atoms with E-state index in [9.17, 15) is 0 Å². The molecule has 1 aromatic heterocycles. The second-order valence-electron chi connectivity index (χ2n) is 5.94. The smallest absolute Gasteiger partial charge is 0.0628 e. The number of nitrogens with zero attached hydrogens (tertiary/aromatic N) is 2. The van der Waals surface area contributed by atoms with E-state index in [1.54, 1.807) is 0 Å². The van der Waals surface area contributed by atoms with Crippen molar-refractivity contribution >= 4 is 0 Å². The Morgan fingerprint density at radius 3 is 2.74 bits per heavy atom. The Labute approximate surface area is 117 Å². The van der Waals surface area contributed by atoms with E-state index in [1.807, 2.05) is 0 Å². The molecule has 0 aliphatic heterocycles. The fraction of sp³-hybridized carbons (Fsp3) is 0.812. The number of rotatable bonds is 7. The number of nitrogens with one attached hydrogen (secondary N) is 1. The molecular formula is C16H29N3. The fourth-order valence-electron chi connectivity index (χ4n) is 3.29. The topological polar surface area (TPSA) is 29.9 Å². The Balaban J connectivity index is 1.93. The van der Waals surface area contributed by atoms with Gasteiger partial charge in [0, 0.05) is 12.2 Å². The molecule has 2 unspecified atom stereocenters. The molecule has 1 saturated carbocycles. The monoisotopic (exact) mass is 263 g/mol. The van der Waals surface area contributed by atoms with E-state index >= 15 is 0 Å². The summed E-state index contributed by atoms with van der Waals surface area (Å²) in [4.78, 5) is 0. The van der Waals surface area contributed by atoms with Crippen molar-refractivity contribution in [3.05, 3.63) is 18.0 Å². The highest BCUT2D eigenvalue weighted by atomic mass is 15.3. The molecule has 1 N–H and O–H groups in total. The van der Waals surface area contributed by atoms with Crippen LogP contribution in [0.2, 0.25) is 0 Å². The highest BCUT2D eigenvalue weighted by molar-refractivity contribution is 5.02. The van der Waals surface area contributed by atoms with Crippen LogP contribution in [-0.4, -0.2) is 22.4 Å². The van der Waals surface area contributed by atoms with Crippen molar-refractivity contribution in [1.29, 1.82) is 0 Å². The molecule has 0 radical (unpaired) electrons. The van der Waals surface area contributed by atoms with E-state index in [-0.39, 0.29) is 0 Å². The minimum absolute atomic E-state index is 0.576. The van der Waals surface area contributed by atoms with Gasteiger partial charge >= 0.3 is 0 Å². The standard InChI is InChI=1S/C16H29N3/c1-4-14(13(3)17-5-2)12-15-10-11-19(18-15)16-8-6-7-9-16/h10-11,13-14,16-17H,4-9,12H2,1-3H3. The predicted molar refractivity (Wildman–Crippen MR) is 80.4 cm³/mol. The predicted octanol–water partition coefficient (Wildman–Crippen LogP) is 3.56. The summed E-state index contributed by atoms with van der Waals surface area (Å²) in [7, 11) is 0. The third kappa shape index (κ3) is 3.82. The van der Waals surface area contributed by atoms with Crippen LogP contribution in [0.1, 0.15) is 64.6 Å². The molecular weight excluding hydrogens is 234 g/mol. The lowest BCUT2D eigenvalue weighted by Gasteiger charge is -2.22. The van der Waals surface area contributed by atoms with E-state index in [4.69, 9.17) is 5.10 Å². The zero-order chi connectivity index (χ0) is 13.7. The molecule has 2 rings (SSSR count). The Morgan fingerprint density at radius 1 is 1.37 bits per heavy atom. The first kappa shape index (κ1) is 14.6. The average Bonchev–Trinajstić information content (AvgIpc) is 3.06. The van der Waals surface area contributed by atoms with Crippen molar-refractivity contribution in [3.63, 3.8) is 0 Å². The van der Waals surface area contributed by atoms with Crippen LogP contribution >= 0.6 is 0 Å². The van der Waals surface area contributed by atoms with Gasteiger partial charge in [-0.2, -0.15) is 5.10 Å². The van der Waals surface area contributed by atoms with Gasteiger partial charge in [0.1, 0.15) is 0 Å². The highest BCUT2D eigenvalue weighted by Gasteiger charge is 2.20. The van der Waals surface area contributed by atoms with Crippen molar-refractivity contribution in [1.82, 2.24) is 15.1 Å². The van der Waals surface area contributed by atoms with Crippen LogP contribution in [0, 0.1) is 5.92 Å². The Hall–Kier alpha value is -0.830. The minimum atomic E-state index is 0.576. The number of hydrogen-bond donors (Lipinski definition) is 1. The van der Waals surface area contributed by atoms with Crippen molar-refractivity contribution in [3.8, 4) is 0 Å². The van der Waals surface area contributed by atoms with Gasteiger partial charge in [-0.15, -0.1) is 0 Å². The van der Waals surface area contributed by atoms with Gasteiger partial charge in [0.15, 0.2) is 0 Å². The lowest BCUT2D eigenvalue weighted by molar-refractivity contribution is 0.362.